The van der Waals surface area contributed by atoms with Gasteiger partial charge in [0.1, 0.15) is 0 Å². The Morgan fingerprint density at radius 3 is 2.46 bits per heavy atom. The lowest BCUT2D eigenvalue weighted by molar-refractivity contribution is -0.117. The monoisotopic (exact) mass is 359 g/mol. The largest absolute Gasteiger partial charge is 0.339 e. The van der Waals surface area contributed by atoms with Crippen LogP contribution in [0.3, 0.4) is 0 Å². The minimum Gasteiger partial charge on any atom is -0.339 e. The highest BCUT2D eigenvalue weighted by molar-refractivity contribution is 5.97. The number of carbonyl (C=O) groups is 2. The lowest BCUT2D eigenvalue weighted by Gasteiger charge is -2.22. The van der Waals surface area contributed by atoms with Crippen LogP contribution in [-0.2, 0) is 4.79 Å². The Labute approximate surface area is 157 Å². The molecule has 2 amide bonds. The third-order valence-electron chi connectivity index (χ3n) is 4.85. The molecule has 0 unspecified atom stereocenters. The average molecular weight is 360 g/mol. The number of amides is 2. The second kappa shape index (κ2) is 9.72. The van der Waals surface area contributed by atoms with Crippen LogP contribution < -0.4 is 5.32 Å². The van der Waals surface area contributed by atoms with E-state index in [1.807, 2.05) is 26.0 Å². The molecule has 1 saturated carbocycles. The van der Waals surface area contributed by atoms with E-state index in [1.54, 1.807) is 17.0 Å². The molecule has 26 heavy (non-hydrogen) atoms. The smallest absolute Gasteiger partial charge is 0.253 e. The number of benzene rings is 1. The average Bonchev–Trinajstić information content (AvgIpc) is 3.44. The predicted molar refractivity (Wildman–Crippen MR) is 106 cm³/mol. The minimum absolute atomic E-state index is 0.00244. The first-order valence-electron chi connectivity index (χ1n) is 9.87. The van der Waals surface area contributed by atoms with Crippen molar-refractivity contribution in [2.45, 2.75) is 53.0 Å². The summed E-state index contributed by atoms with van der Waals surface area (Å²) in [6, 6.07) is 7.80. The van der Waals surface area contributed by atoms with Crippen molar-refractivity contribution in [3.05, 3.63) is 29.8 Å². The Kier molecular flexibility index (Phi) is 7.64. The molecule has 0 bridgehead atoms. The van der Waals surface area contributed by atoms with Gasteiger partial charge in [-0.2, -0.15) is 0 Å². The van der Waals surface area contributed by atoms with Crippen molar-refractivity contribution in [2.75, 3.05) is 31.5 Å². The van der Waals surface area contributed by atoms with Gasteiger partial charge in [-0.1, -0.05) is 19.9 Å². The summed E-state index contributed by atoms with van der Waals surface area (Å²) >= 11 is 0. The van der Waals surface area contributed by atoms with Crippen molar-refractivity contribution < 1.29 is 9.59 Å². The van der Waals surface area contributed by atoms with Crippen LogP contribution in [0.5, 0.6) is 0 Å². The molecule has 1 aliphatic carbocycles. The Bertz CT molecular complexity index is 607. The number of anilines is 1. The van der Waals surface area contributed by atoms with Crippen LogP contribution in [0.4, 0.5) is 5.69 Å². The number of hydrogen-bond donors (Lipinski definition) is 1. The first kappa shape index (κ1) is 20.4. The molecule has 5 heteroatoms. The summed E-state index contributed by atoms with van der Waals surface area (Å²) in [5.74, 6) is 0.637. The molecule has 1 fully saturated rings. The van der Waals surface area contributed by atoms with E-state index in [9.17, 15) is 9.59 Å². The van der Waals surface area contributed by atoms with Gasteiger partial charge in [0.2, 0.25) is 5.91 Å². The molecule has 2 rings (SSSR count). The van der Waals surface area contributed by atoms with Gasteiger partial charge in [-0.15, -0.1) is 0 Å². The van der Waals surface area contributed by atoms with Gasteiger partial charge < -0.3 is 10.2 Å². The molecule has 1 aliphatic rings. The highest BCUT2D eigenvalue weighted by Gasteiger charge is 2.30. The molecule has 144 valence electrons. The second-order valence-corrected chi connectivity index (χ2v) is 7.49. The molecule has 0 radical (unpaired) electrons. The SMILES string of the molecule is CCN(CC)C(=O)c1cccc(NC(=O)CN(CCC(C)C)C2CC2)c1. The van der Waals surface area contributed by atoms with Crippen molar-refractivity contribution in [1.82, 2.24) is 9.80 Å². The summed E-state index contributed by atoms with van der Waals surface area (Å²) in [6.07, 6.45) is 3.50. The summed E-state index contributed by atoms with van der Waals surface area (Å²) in [7, 11) is 0. The first-order valence-corrected chi connectivity index (χ1v) is 9.87. The molecule has 0 saturated heterocycles. The van der Waals surface area contributed by atoms with Crippen LogP contribution in [0, 0.1) is 5.92 Å². The molecule has 0 spiro atoms. The molecular formula is C21H33N3O2. The van der Waals surface area contributed by atoms with E-state index in [0.29, 0.717) is 42.8 Å². The Morgan fingerprint density at radius 2 is 1.88 bits per heavy atom. The maximum absolute atomic E-state index is 12.5. The number of nitrogens with zero attached hydrogens (tertiary/aromatic N) is 2. The van der Waals surface area contributed by atoms with Gasteiger partial charge in [0.25, 0.3) is 5.91 Å². The first-order chi connectivity index (χ1) is 12.4. The van der Waals surface area contributed by atoms with E-state index in [-0.39, 0.29) is 11.8 Å². The van der Waals surface area contributed by atoms with Crippen LogP contribution >= 0.6 is 0 Å². The maximum atomic E-state index is 12.5. The normalized spacial score (nSPS) is 13.9. The summed E-state index contributed by atoms with van der Waals surface area (Å²) in [4.78, 5) is 29.0. The van der Waals surface area contributed by atoms with Gasteiger partial charge in [0.05, 0.1) is 6.54 Å². The van der Waals surface area contributed by atoms with Gasteiger partial charge >= 0.3 is 0 Å². The number of rotatable bonds is 10. The molecule has 1 aromatic carbocycles. The Hall–Kier alpha value is -1.88. The van der Waals surface area contributed by atoms with E-state index in [4.69, 9.17) is 0 Å². The quantitative estimate of drug-likeness (QED) is 0.694. The van der Waals surface area contributed by atoms with Crippen molar-refractivity contribution in [1.29, 1.82) is 0 Å². The lowest BCUT2D eigenvalue weighted by atomic mass is 10.1. The molecule has 1 N–H and O–H groups in total. The molecule has 0 heterocycles. The fourth-order valence-corrected chi connectivity index (χ4v) is 3.06. The number of carbonyl (C=O) groups excluding carboxylic acids is 2. The lowest BCUT2D eigenvalue weighted by Crippen LogP contribution is -2.36. The van der Waals surface area contributed by atoms with Crippen LogP contribution in [0.2, 0.25) is 0 Å². The van der Waals surface area contributed by atoms with Crippen molar-refractivity contribution in [3.8, 4) is 0 Å². The van der Waals surface area contributed by atoms with E-state index in [1.165, 1.54) is 12.8 Å². The Balaban J connectivity index is 1.95. The molecular weight excluding hydrogens is 326 g/mol. The molecule has 5 nitrogen and oxygen atoms in total. The fourth-order valence-electron chi connectivity index (χ4n) is 3.06. The molecule has 0 aliphatic heterocycles. The zero-order valence-corrected chi connectivity index (χ0v) is 16.6. The van der Waals surface area contributed by atoms with E-state index in [2.05, 4.69) is 24.1 Å². The van der Waals surface area contributed by atoms with Crippen molar-refractivity contribution in [3.63, 3.8) is 0 Å². The standard InChI is InChI=1S/C21H33N3O2/c1-5-23(6-2)21(26)17-8-7-9-18(14-17)22-20(25)15-24(19-10-11-19)13-12-16(3)4/h7-9,14,16,19H,5-6,10-13,15H2,1-4H3,(H,22,25). The Morgan fingerprint density at radius 1 is 1.19 bits per heavy atom. The van der Waals surface area contributed by atoms with Gasteiger partial charge in [-0.05, 0) is 63.8 Å². The van der Waals surface area contributed by atoms with Crippen LogP contribution in [0.15, 0.2) is 24.3 Å². The molecule has 1 aromatic rings. The minimum atomic E-state index is -0.00639. The highest BCUT2D eigenvalue weighted by atomic mass is 16.2. The van der Waals surface area contributed by atoms with Crippen LogP contribution in [0.1, 0.15) is 57.3 Å². The fraction of sp³-hybridized carbons (Fsp3) is 0.619. The second-order valence-electron chi connectivity index (χ2n) is 7.49. The third-order valence-corrected chi connectivity index (χ3v) is 4.85. The van der Waals surface area contributed by atoms with Gasteiger partial charge in [0.15, 0.2) is 0 Å². The van der Waals surface area contributed by atoms with E-state index >= 15 is 0 Å². The van der Waals surface area contributed by atoms with Crippen LogP contribution in [0.25, 0.3) is 0 Å². The van der Waals surface area contributed by atoms with E-state index < -0.39 is 0 Å². The maximum Gasteiger partial charge on any atom is 0.253 e. The van der Waals surface area contributed by atoms with Gasteiger partial charge in [-0.3, -0.25) is 14.5 Å². The zero-order valence-electron chi connectivity index (χ0n) is 16.6. The molecule has 0 atom stereocenters. The highest BCUT2D eigenvalue weighted by Crippen LogP contribution is 2.27. The summed E-state index contributed by atoms with van der Waals surface area (Å²) in [6.45, 7) is 11.1. The van der Waals surface area contributed by atoms with Crippen molar-refractivity contribution in [2.24, 2.45) is 5.92 Å². The zero-order chi connectivity index (χ0) is 19.1. The summed E-state index contributed by atoms with van der Waals surface area (Å²) in [5, 5.41) is 2.96. The van der Waals surface area contributed by atoms with Gasteiger partial charge in [0, 0.05) is 30.4 Å². The third kappa shape index (κ3) is 6.13. The number of nitrogens with one attached hydrogen (secondary N) is 1. The predicted octanol–water partition coefficient (Wildman–Crippen LogP) is 3.62. The summed E-state index contributed by atoms with van der Waals surface area (Å²) < 4.78 is 0. The molecule has 0 aromatic heterocycles. The van der Waals surface area contributed by atoms with Crippen LogP contribution in [-0.4, -0.2) is 53.8 Å². The summed E-state index contributed by atoms with van der Waals surface area (Å²) in [5.41, 5.74) is 1.30. The van der Waals surface area contributed by atoms with Crippen molar-refractivity contribution >= 4 is 17.5 Å². The topological polar surface area (TPSA) is 52.7 Å². The van der Waals surface area contributed by atoms with Gasteiger partial charge in [-0.25, -0.2) is 0 Å². The van der Waals surface area contributed by atoms with E-state index in [0.717, 1.165) is 13.0 Å². The number of hydrogen-bond acceptors (Lipinski definition) is 3.